The van der Waals surface area contributed by atoms with Gasteiger partial charge in [-0.1, -0.05) is 30.7 Å². The van der Waals surface area contributed by atoms with Crippen LogP contribution in [0.25, 0.3) is 16.6 Å². The number of para-hydroxylation sites is 1. The average molecular weight is 423 g/mol. The predicted octanol–water partition coefficient (Wildman–Crippen LogP) is 4.89. The molecule has 1 atom stereocenters. The minimum atomic E-state index is -0.659. The van der Waals surface area contributed by atoms with E-state index >= 15 is 0 Å². The molecule has 1 aromatic heterocycles. The lowest BCUT2D eigenvalue weighted by atomic mass is 9.79. The summed E-state index contributed by atoms with van der Waals surface area (Å²) in [6, 6.07) is 12.8. The summed E-state index contributed by atoms with van der Waals surface area (Å²) >= 11 is 0. The molecule has 0 saturated heterocycles. The highest BCUT2D eigenvalue weighted by Crippen LogP contribution is 2.38. The van der Waals surface area contributed by atoms with E-state index < -0.39 is 29.1 Å². The maximum Gasteiger partial charge on any atom is 0.408 e. The molecule has 1 saturated carbocycles. The van der Waals surface area contributed by atoms with Crippen LogP contribution in [0.1, 0.15) is 51.9 Å². The molecule has 0 bridgehead atoms. The summed E-state index contributed by atoms with van der Waals surface area (Å²) in [5, 5.41) is 2.86. The maximum atomic E-state index is 14.6. The number of rotatable bonds is 4. The van der Waals surface area contributed by atoms with Crippen LogP contribution < -0.4 is 10.9 Å². The van der Waals surface area contributed by atoms with Crippen LogP contribution in [0.4, 0.5) is 9.18 Å². The van der Waals surface area contributed by atoms with E-state index in [4.69, 9.17) is 4.74 Å². The Morgan fingerprint density at radius 1 is 1.16 bits per heavy atom. The first-order valence-corrected chi connectivity index (χ1v) is 10.5. The van der Waals surface area contributed by atoms with Crippen LogP contribution in [0.2, 0.25) is 0 Å². The van der Waals surface area contributed by atoms with Gasteiger partial charge in [-0.3, -0.25) is 9.36 Å². The lowest BCUT2D eigenvalue weighted by Crippen LogP contribution is -2.42. The molecule has 1 heterocycles. The van der Waals surface area contributed by atoms with Gasteiger partial charge in [0.2, 0.25) is 0 Å². The first kappa shape index (κ1) is 21.0. The van der Waals surface area contributed by atoms with Crippen molar-refractivity contribution in [2.24, 2.45) is 5.92 Å². The molecule has 1 fully saturated rings. The average Bonchev–Trinajstić information content (AvgIpc) is 2.65. The highest BCUT2D eigenvalue weighted by molar-refractivity contribution is 5.79. The van der Waals surface area contributed by atoms with Crippen LogP contribution >= 0.6 is 0 Å². The number of nitrogens with zero attached hydrogens (tertiary/aromatic N) is 2. The van der Waals surface area contributed by atoms with Crippen LogP contribution in [0.3, 0.4) is 0 Å². The minimum Gasteiger partial charge on any atom is -0.444 e. The Morgan fingerprint density at radius 3 is 2.48 bits per heavy atom. The molecule has 0 spiro atoms. The summed E-state index contributed by atoms with van der Waals surface area (Å²) in [5.41, 5.74) is -0.328. The molecule has 1 amide bonds. The second-order valence-electron chi connectivity index (χ2n) is 8.89. The standard InChI is InChI=1S/C24H26FN3O3/c1-24(2,3)31-23(30)27-20(15-9-7-10-15)21-26-18-14-8-13-17(25)19(18)22(29)28(21)16-11-5-4-6-12-16/h4-6,8,11-15,20H,7,9-10H2,1-3H3,(H,27,30)/t20-/m0/s1. The molecule has 2 aromatic carbocycles. The summed E-state index contributed by atoms with van der Waals surface area (Å²) in [4.78, 5) is 30.8. The number of hydrogen-bond donors (Lipinski definition) is 1. The van der Waals surface area contributed by atoms with Crippen molar-refractivity contribution in [1.29, 1.82) is 0 Å². The van der Waals surface area contributed by atoms with Crippen molar-refractivity contribution in [3.8, 4) is 5.69 Å². The van der Waals surface area contributed by atoms with E-state index in [0.717, 1.165) is 19.3 Å². The first-order chi connectivity index (χ1) is 14.7. The van der Waals surface area contributed by atoms with Gasteiger partial charge in [0.25, 0.3) is 5.56 Å². The monoisotopic (exact) mass is 423 g/mol. The van der Waals surface area contributed by atoms with Crippen molar-refractivity contribution in [2.75, 3.05) is 0 Å². The van der Waals surface area contributed by atoms with Gasteiger partial charge in [0.15, 0.2) is 0 Å². The third-order valence-electron chi connectivity index (χ3n) is 5.46. The molecule has 6 nitrogen and oxygen atoms in total. The van der Waals surface area contributed by atoms with Crippen LogP contribution in [0.15, 0.2) is 53.3 Å². The number of amides is 1. The third kappa shape index (κ3) is 4.31. The Labute approximate surface area is 180 Å². The Hall–Kier alpha value is -3.22. The van der Waals surface area contributed by atoms with Gasteiger partial charge >= 0.3 is 6.09 Å². The van der Waals surface area contributed by atoms with Gasteiger partial charge in [-0.25, -0.2) is 14.2 Å². The van der Waals surface area contributed by atoms with E-state index in [9.17, 15) is 14.0 Å². The summed E-state index contributed by atoms with van der Waals surface area (Å²) in [6.45, 7) is 5.38. The number of carbonyl (C=O) groups excluding carboxylic acids is 1. The molecular weight excluding hydrogens is 397 g/mol. The zero-order valence-electron chi connectivity index (χ0n) is 17.9. The number of halogens is 1. The van der Waals surface area contributed by atoms with Gasteiger partial charge in [-0.15, -0.1) is 0 Å². The zero-order valence-corrected chi connectivity index (χ0v) is 17.9. The van der Waals surface area contributed by atoms with Gasteiger partial charge in [-0.05, 0) is 63.8 Å². The van der Waals surface area contributed by atoms with E-state index in [2.05, 4.69) is 10.3 Å². The van der Waals surface area contributed by atoms with Crippen molar-refractivity contribution in [3.63, 3.8) is 0 Å². The number of ether oxygens (including phenoxy) is 1. The van der Waals surface area contributed by atoms with Gasteiger partial charge in [0.05, 0.1) is 17.2 Å². The van der Waals surface area contributed by atoms with Crippen molar-refractivity contribution >= 4 is 17.0 Å². The van der Waals surface area contributed by atoms with Crippen LogP contribution in [-0.4, -0.2) is 21.2 Å². The third-order valence-corrected chi connectivity index (χ3v) is 5.46. The molecular formula is C24H26FN3O3. The molecule has 0 radical (unpaired) electrons. The van der Waals surface area contributed by atoms with Gasteiger partial charge in [0, 0.05) is 0 Å². The van der Waals surface area contributed by atoms with Crippen molar-refractivity contribution in [3.05, 3.63) is 70.5 Å². The summed E-state index contributed by atoms with van der Waals surface area (Å²) < 4.78 is 21.4. The van der Waals surface area contributed by atoms with Crippen LogP contribution in [-0.2, 0) is 4.74 Å². The SMILES string of the molecule is CC(C)(C)OC(=O)N[C@H](c1nc2cccc(F)c2c(=O)n1-c1ccccc1)C1CCC1. The van der Waals surface area contributed by atoms with Gasteiger partial charge in [0.1, 0.15) is 22.6 Å². The van der Waals surface area contributed by atoms with Crippen LogP contribution in [0.5, 0.6) is 0 Å². The second-order valence-corrected chi connectivity index (χ2v) is 8.89. The molecule has 7 heteroatoms. The molecule has 4 rings (SSSR count). The fourth-order valence-electron chi connectivity index (χ4n) is 3.84. The lowest BCUT2D eigenvalue weighted by Gasteiger charge is -2.35. The highest BCUT2D eigenvalue weighted by atomic mass is 19.1. The Bertz CT molecular complexity index is 1160. The van der Waals surface area contributed by atoms with E-state index in [1.807, 2.05) is 6.07 Å². The Kier molecular flexibility index (Phi) is 5.52. The smallest absolute Gasteiger partial charge is 0.408 e. The Balaban J connectivity index is 1.91. The summed E-state index contributed by atoms with van der Waals surface area (Å²) in [7, 11) is 0. The first-order valence-electron chi connectivity index (χ1n) is 10.5. The molecule has 3 aromatic rings. The number of nitrogens with one attached hydrogen (secondary N) is 1. The quantitative estimate of drug-likeness (QED) is 0.648. The fourth-order valence-corrected chi connectivity index (χ4v) is 3.84. The number of alkyl carbamates (subject to hydrolysis) is 1. The molecule has 162 valence electrons. The highest BCUT2D eigenvalue weighted by Gasteiger charge is 2.35. The predicted molar refractivity (Wildman–Crippen MR) is 117 cm³/mol. The van der Waals surface area contributed by atoms with Crippen molar-refractivity contribution in [1.82, 2.24) is 14.9 Å². The maximum absolute atomic E-state index is 14.6. The topological polar surface area (TPSA) is 73.2 Å². The summed E-state index contributed by atoms with van der Waals surface area (Å²) in [6.07, 6.45) is 2.26. The number of benzene rings is 2. The molecule has 0 aliphatic heterocycles. The normalized spacial score (nSPS) is 15.4. The van der Waals surface area contributed by atoms with Crippen LogP contribution in [0, 0.1) is 11.7 Å². The molecule has 1 N–H and O–H groups in total. The van der Waals surface area contributed by atoms with E-state index in [1.54, 1.807) is 51.1 Å². The second kappa shape index (κ2) is 8.13. The summed E-state index contributed by atoms with van der Waals surface area (Å²) in [5.74, 6) is -0.128. The van der Waals surface area contributed by atoms with E-state index in [1.165, 1.54) is 16.7 Å². The molecule has 1 aliphatic carbocycles. The lowest BCUT2D eigenvalue weighted by molar-refractivity contribution is 0.0458. The number of aromatic nitrogens is 2. The van der Waals surface area contributed by atoms with E-state index in [-0.39, 0.29) is 16.8 Å². The zero-order chi connectivity index (χ0) is 22.2. The molecule has 1 aliphatic rings. The fraction of sp³-hybridized carbons (Fsp3) is 0.375. The van der Waals surface area contributed by atoms with Crippen molar-refractivity contribution < 1.29 is 13.9 Å². The number of fused-ring (bicyclic) bond motifs is 1. The minimum absolute atomic E-state index is 0.0697. The van der Waals surface area contributed by atoms with E-state index in [0.29, 0.717) is 11.5 Å². The largest absolute Gasteiger partial charge is 0.444 e. The molecule has 0 unspecified atom stereocenters. The number of carbonyl (C=O) groups is 1. The number of hydrogen-bond acceptors (Lipinski definition) is 4. The molecule has 31 heavy (non-hydrogen) atoms. The Morgan fingerprint density at radius 2 is 1.87 bits per heavy atom. The van der Waals surface area contributed by atoms with Crippen molar-refractivity contribution in [2.45, 2.75) is 51.7 Å². The van der Waals surface area contributed by atoms with Gasteiger partial charge in [-0.2, -0.15) is 0 Å². The van der Waals surface area contributed by atoms with Gasteiger partial charge < -0.3 is 10.1 Å².